The molecule has 2 rings (SSSR count). The van der Waals surface area contributed by atoms with Gasteiger partial charge in [-0.2, -0.15) is 0 Å². The van der Waals surface area contributed by atoms with Crippen LogP contribution in [0.4, 0.5) is 0 Å². The van der Waals surface area contributed by atoms with Crippen LogP contribution in [0.25, 0.3) is 0 Å². The third kappa shape index (κ3) is 3.42. The van der Waals surface area contributed by atoms with Crippen LogP contribution in [0.15, 0.2) is 0 Å². The van der Waals surface area contributed by atoms with E-state index in [9.17, 15) is 13.5 Å². The maximum atomic E-state index is 11.7. The Labute approximate surface area is 104 Å². The van der Waals surface area contributed by atoms with E-state index < -0.39 is 15.4 Å². The second-order valence-corrected chi connectivity index (χ2v) is 7.80. The van der Waals surface area contributed by atoms with E-state index in [1.807, 2.05) is 0 Å². The Morgan fingerprint density at radius 3 is 2.47 bits per heavy atom. The minimum Gasteiger partial charge on any atom is -0.394 e. The highest BCUT2D eigenvalue weighted by Gasteiger charge is 2.39. The van der Waals surface area contributed by atoms with Crippen molar-refractivity contribution in [3.63, 3.8) is 0 Å². The van der Waals surface area contributed by atoms with E-state index in [4.69, 9.17) is 0 Å². The molecule has 0 bridgehead atoms. The molecule has 4 nitrogen and oxygen atoms in total. The molecule has 0 spiro atoms. The highest BCUT2D eigenvalue weighted by atomic mass is 32.2. The highest BCUT2D eigenvalue weighted by molar-refractivity contribution is 7.91. The fraction of sp³-hybridized carbons (Fsp3) is 1.00. The molecular weight excluding hydrogens is 238 g/mol. The lowest BCUT2D eigenvalue weighted by molar-refractivity contribution is 0.141. The van der Waals surface area contributed by atoms with E-state index in [2.05, 4.69) is 5.32 Å². The van der Waals surface area contributed by atoms with Gasteiger partial charge in [0, 0.05) is 6.04 Å². The van der Waals surface area contributed by atoms with Crippen LogP contribution >= 0.6 is 0 Å². The number of nitrogens with one attached hydrogen (secondary N) is 1. The molecule has 17 heavy (non-hydrogen) atoms. The molecule has 1 heterocycles. The third-order valence-corrected chi connectivity index (χ3v) is 5.93. The maximum absolute atomic E-state index is 11.7. The van der Waals surface area contributed by atoms with Crippen LogP contribution in [0.2, 0.25) is 0 Å². The Balaban J connectivity index is 2.02. The van der Waals surface area contributed by atoms with E-state index in [0.29, 0.717) is 12.5 Å². The van der Waals surface area contributed by atoms with Crippen molar-refractivity contribution in [3.05, 3.63) is 0 Å². The van der Waals surface area contributed by atoms with Crippen LogP contribution in [0.1, 0.15) is 44.9 Å². The normalized spacial score (nSPS) is 34.6. The monoisotopic (exact) mass is 261 g/mol. The molecule has 1 atom stereocenters. The molecule has 1 saturated carbocycles. The zero-order valence-corrected chi connectivity index (χ0v) is 11.1. The Kier molecular flexibility index (Phi) is 4.10. The molecule has 1 aliphatic carbocycles. The maximum Gasteiger partial charge on any atom is 0.152 e. The molecule has 0 aromatic rings. The SMILES string of the molecule is O=S1(=O)CCCC(CO)(NC2CCCCC2)C1. The first-order chi connectivity index (χ1) is 8.05. The molecule has 0 aromatic carbocycles. The second-order valence-electron chi connectivity index (χ2n) is 5.61. The molecule has 100 valence electrons. The summed E-state index contributed by atoms with van der Waals surface area (Å²) >= 11 is 0. The van der Waals surface area contributed by atoms with E-state index >= 15 is 0 Å². The lowest BCUT2D eigenvalue weighted by Gasteiger charge is -2.40. The lowest BCUT2D eigenvalue weighted by atomic mass is 9.90. The van der Waals surface area contributed by atoms with E-state index in [1.54, 1.807) is 0 Å². The largest absolute Gasteiger partial charge is 0.394 e. The molecule has 2 N–H and O–H groups in total. The summed E-state index contributed by atoms with van der Waals surface area (Å²) in [6.45, 7) is -0.0667. The van der Waals surface area contributed by atoms with Gasteiger partial charge in [-0.05, 0) is 25.7 Å². The van der Waals surface area contributed by atoms with E-state index in [0.717, 1.165) is 19.3 Å². The van der Waals surface area contributed by atoms with E-state index in [-0.39, 0.29) is 18.1 Å². The first-order valence-corrected chi connectivity index (χ1v) is 8.46. The molecule has 0 amide bonds. The summed E-state index contributed by atoms with van der Waals surface area (Å²) in [5.74, 6) is 0.383. The van der Waals surface area contributed by atoms with Gasteiger partial charge in [-0.15, -0.1) is 0 Å². The smallest absolute Gasteiger partial charge is 0.152 e. The van der Waals surface area contributed by atoms with Gasteiger partial charge >= 0.3 is 0 Å². The third-order valence-electron chi connectivity index (χ3n) is 4.03. The van der Waals surface area contributed by atoms with Crippen molar-refractivity contribution in [1.82, 2.24) is 5.32 Å². The van der Waals surface area contributed by atoms with Crippen molar-refractivity contribution in [2.75, 3.05) is 18.1 Å². The van der Waals surface area contributed by atoms with Crippen molar-refractivity contribution in [1.29, 1.82) is 0 Å². The van der Waals surface area contributed by atoms with Crippen molar-refractivity contribution in [2.24, 2.45) is 0 Å². The standard InChI is InChI=1S/C12H23NO3S/c14-9-12(7-4-8-17(15,16)10-12)13-11-5-2-1-3-6-11/h11,13-14H,1-10H2. The Morgan fingerprint density at radius 1 is 1.18 bits per heavy atom. The molecule has 0 aromatic heterocycles. The van der Waals surface area contributed by atoms with Crippen molar-refractivity contribution >= 4 is 9.84 Å². The van der Waals surface area contributed by atoms with Crippen LogP contribution in [0, 0.1) is 0 Å². The van der Waals surface area contributed by atoms with Gasteiger partial charge in [-0.3, -0.25) is 0 Å². The number of rotatable bonds is 3. The van der Waals surface area contributed by atoms with Gasteiger partial charge in [0.15, 0.2) is 9.84 Å². The number of aliphatic hydroxyl groups is 1. The minimum atomic E-state index is -2.98. The molecule has 1 unspecified atom stereocenters. The highest BCUT2D eigenvalue weighted by Crippen LogP contribution is 2.26. The number of sulfone groups is 1. The predicted molar refractivity (Wildman–Crippen MR) is 67.7 cm³/mol. The van der Waals surface area contributed by atoms with Gasteiger partial charge in [0.25, 0.3) is 0 Å². The summed E-state index contributed by atoms with van der Waals surface area (Å²) in [7, 11) is -2.98. The van der Waals surface area contributed by atoms with Gasteiger partial charge in [0.1, 0.15) is 0 Å². The summed E-state index contributed by atoms with van der Waals surface area (Å²) in [6, 6.07) is 0.393. The topological polar surface area (TPSA) is 66.4 Å². The molecule has 2 aliphatic rings. The van der Waals surface area contributed by atoms with Crippen LogP contribution in [-0.4, -0.2) is 43.2 Å². The zero-order valence-electron chi connectivity index (χ0n) is 10.3. The van der Waals surface area contributed by atoms with Crippen molar-refractivity contribution in [3.8, 4) is 0 Å². The summed E-state index contributed by atoms with van der Waals surface area (Å²) < 4.78 is 23.4. The van der Waals surface area contributed by atoms with E-state index in [1.165, 1.54) is 19.3 Å². The lowest BCUT2D eigenvalue weighted by Crippen LogP contribution is -2.59. The van der Waals surface area contributed by atoms with Gasteiger partial charge in [0.05, 0.1) is 23.7 Å². The minimum absolute atomic E-state index is 0.0667. The Bertz CT molecular complexity index is 349. The fourth-order valence-electron chi connectivity index (χ4n) is 3.16. The molecule has 2 fully saturated rings. The first kappa shape index (κ1) is 13.3. The molecular formula is C12H23NO3S. The van der Waals surface area contributed by atoms with Gasteiger partial charge < -0.3 is 10.4 Å². The van der Waals surface area contributed by atoms with Gasteiger partial charge in [0.2, 0.25) is 0 Å². The second kappa shape index (κ2) is 5.24. The summed E-state index contributed by atoms with van der Waals surface area (Å²) in [5.41, 5.74) is -0.570. The number of aliphatic hydroxyl groups excluding tert-OH is 1. The molecule has 1 aliphatic heterocycles. The zero-order chi connectivity index (χ0) is 12.4. The van der Waals surface area contributed by atoms with Gasteiger partial charge in [-0.25, -0.2) is 8.42 Å². The summed E-state index contributed by atoms with van der Waals surface area (Å²) in [5, 5.41) is 13.0. The molecule has 0 radical (unpaired) electrons. The fourth-order valence-corrected chi connectivity index (χ4v) is 5.05. The molecule has 5 heteroatoms. The average molecular weight is 261 g/mol. The predicted octanol–water partition coefficient (Wildman–Crippen LogP) is 0.848. The summed E-state index contributed by atoms with van der Waals surface area (Å²) in [6.07, 6.45) is 7.38. The quantitative estimate of drug-likeness (QED) is 0.790. The van der Waals surface area contributed by atoms with Crippen molar-refractivity contribution < 1.29 is 13.5 Å². The van der Waals surface area contributed by atoms with Crippen LogP contribution in [0.3, 0.4) is 0 Å². The first-order valence-electron chi connectivity index (χ1n) is 6.64. The molecule has 1 saturated heterocycles. The van der Waals surface area contributed by atoms with Crippen LogP contribution in [0.5, 0.6) is 0 Å². The van der Waals surface area contributed by atoms with Crippen LogP contribution < -0.4 is 5.32 Å². The van der Waals surface area contributed by atoms with Crippen molar-refractivity contribution in [2.45, 2.75) is 56.5 Å². The van der Waals surface area contributed by atoms with Gasteiger partial charge in [-0.1, -0.05) is 19.3 Å². The van der Waals surface area contributed by atoms with Crippen LogP contribution in [-0.2, 0) is 9.84 Å². The summed E-state index contributed by atoms with van der Waals surface area (Å²) in [4.78, 5) is 0. The average Bonchev–Trinajstić information content (AvgIpc) is 2.29. The number of hydrogen-bond acceptors (Lipinski definition) is 4. The number of hydrogen-bond donors (Lipinski definition) is 2. The Hall–Kier alpha value is -0.130. The Morgan fingerprint density at radius 2 is 1.88 bits per heavy atom.